The maximum atomic E-state index is 13.2. The van der Waals surface area contributed by atoms with Gasteiger partial charge in [0.25, 0.3) is 0 Å². The van der Waals surface area contributed by atoms with Gasteiger partial charge in [0, 0.05) is 23.2 Å². The standard InChI is InChI=1S/C24H18F3NO2/c25-24(26,27)17-8-6-7-16(13-17)14-22-20(15-23(29)30)19-11-4-5-12-21(19)28(22)18-9-2-1-3-10-18/h1-13H,14-15H2,(H,29,30). The molecule has 0 atom stereocenters. The van der Waals surface area contributed by atoms with E-state index in [0.717, 1.165) is 28.7 Å². The van der Waals surface area contributed by atoms with E-state index in [1.165, 1.54) is 6.07 Å². The van der Waals surface area contributed by atoms with Crippen molar-refractivity contribution < 1.29 is 23.1 Å². The van der Waals surface area contributed by atoms with E-state index in [4.69, 9.17) is 0 Å². The SMILES string of the molecule is O=C(O)Cc1c(Cc2cccc(C(F)(F)F)c2)n(-c2ccccc2)c2ccccc12. The van der Waals surface area contributed by atoms with E-state index in [2.05, 4.69) is 0 Å². The Morgan fingerprint density at radius 1 is 0.900 bits per heavy atom. The monoisotopic (exact) mass is 409 g/mol. The summed E-state index contributed by atoms with van der Waals surface area (Å²) in [5, 5.41) is 10.3. The number of para-hydroxylation sites is 2. The smallest absolute Gasteiger partial charge is 0.416 e. The largest absolute Gasteiger partial charge is 0.481 e. The topological polar surface area (TPSA) is 42.2 Å². The van der Waals surface area contributed by atoms with Crippen molar-refractivity contribution in [1.29, 1.82) is 0 Å². The number of aliphatic carboxylic acids is 1. The molecule has 0 fully saturated rings. The van der Waals surface area contributed by atoms with Gasteiger partial charge in [-0.3, -0.25) is 4.79 Å². The first-order chi connectivity index (χ1) is 14.3. The van der Waals surface area contributed by atoms with Crippen molar-refractivity contribution in [3.63, 3.8) is 0 Å². The van der Waals surface area contributed by atoms with E-state index in [9.17, 15) is 23.1 Å². The van der Waals surface area contributed by atoms with Gasteiger partial charge in [0.2, 0.25) is 0 Å². The molecule has 0 aliphatic rings. The zero-order chi connectivity index (χ0) is 21.3. The van der Waals surface area contributed by atoms with Crippen LogP contribution in [0.3, 0.4) is 0 Å². The minimum absolute atomic E-state index is 0.177. The van der Waals surface area contributed by atoms with Gasteiger partial charge in [-0.15, -0.1) is 0 Å². The minimum Gasteiger partial charge on any atom is -0.481 e. The fourth-order valence-corrected chi connectivity index (χ4v) is 3.82. The second-order valence-electron chi connectivity index (χ2n) is 7.06. The van der Waals surface area contributed by atoms with Crippen LogP contribution in [0.15, 0.2) is 78.9 Å². The van der Waals surface area contributed by atoms with Crippen molar-refractivity contribution in [2.24, 2.45) is 0 Å². The van der Waals surface area contributed by atoms with Crippen molar-refractivity contribution in [2.75, 3.05) is 0 Å². The molecule has 0 aliphatic heterocycles. The molecule has 0 saturated heterocycles. The quantitative estimate of drug-likeness (QED) is 0.448. The summed E-state index contributed by atoms with van der Waals surface area (Å²) in [5.74, 6) is -0.990. The Hall–Kier alpha value is -3.54. The summed E-state index contributed by atoms with van der Waals surface area (Å²) in [5.41, 5.74) is 2.68. The summed E-state index contributed by atoms with van der Waals surface area (Å²) < 4.78 is 41.5. The maximum Gasteiger partial charge on any atom is 0.416 e. The van der Waals surface area contributed by atoms with Crippen molar-refractivity contribution >= 4 is 16.9 Å². The molecule has 3 nitrogen and oxygen atoms in total. The Morgan fingerprint density at radius 2 is 1.60 bits per heavy atom. The summed E-state index contributed by atoms with van der Waals surface area (Å²) in [6.45, 7) is 0. The number of rotatable bonds is 5. The van der Waals surface area contributed by atoms with Gasteiger partial charge < -0.3 is 9.67 Å². The van der Waals surface area contributed by atoms with Crippen LogP contribution in [-0.4, -0.2) is 15.6 Å². The van der Waals surface area contributed by atoms with Crippen molar-refractivity contribution in [3.05, 3.63) is 101 Å². The number of carbonyl (C=O) groups is 1. The van der Waals surface area contributed by atoms with Crippen LogP contribution < -0.4 is 0 Å². The van der Waals surface area contributed by atoms with E-state index in [-0.39, 0.29) is 12.8 Å². The number of carboxylic acids is 1. The van der Waals surface area contributed by atoms with Gasteiger partial charge in [-0.2, -0.15) is 13.2 Å². The van der Waals surface area contributed by atoms with Gasteiger partial charge in [-0.1, -0.05) is 54.6 Å². The van der Waals surface area contributed by atoms with Gasteiger partial charge in [0.15, 0.2) is 0 Å². The van der Waals surface area contributed by atoms with Crippen molar-refractivity contribution in [3.8, 4) is 5.69 Å². The van der Waals surface area contributed by atoms with Gasteiger partial charge in [0.05, 0.1) is 17.5 Å². The number of carboxylic acid groups (broad SMARTS) is 1. The second-order valence-corrected chi connectivity index (χ2v) is 7.06. The number of nitrogens with zero attached hydrogens (tertiary/aromatic N) is 1. The molecule has 0 aliphatic carbocycles. The molecule has 0 spiro atoms. The molecule has 0 amide bonds. The molecule has 4 aromatic rings. The highest BCUT2D eigenvalue weighted by atomic mass is 19.4. The van der Waals surface area contributed by atoms with Gasteiger partial charge in [0.1, 0.15) is 0 Å². The highest BCUT2D eigenvalue weighted by Gasteiger charge is 2.30. The highest BCUT2D eigenvalue weighted by Crippen LogP contribution is 2.34. The molecular formula is C24H18F3NO2. The van der Waals surface area contributed by atoms with Crippen LogP contribution in [0.2, 0.25) is 0 Å². The van der Waals surface area contributed by atoms with Crippen LogP contribution in [-0.2, 0) is 23.8 Å². The third kappa shape index (κ3) is 3.81. The number of halogens is 3. The Labute approximate surface area is 171 Å². The van der Waals surface area contributed by atoms with Crippen LogP contribution in [0.1, 0.15) is 22.4 Å². The summed E-state index contributed by atoms with van der Waals surface area (Å²) in [6, 6.07) is 22.0. The average molecular weight is 409 g/mol. The minimum atomic E-state index is -4.44. The summed E-state index contributed by atoms with van der Waals surface area (Å²) in [6.07, 6.45) is -4.48. The maximum absolute atomic E-state index is 13.2. The highest BCUT2D eigenvalue weighted by molar-refractivity contribution is 5.90. The van der Waals surface area contributed by atoms with E-state index in [0.29, 0.717) is 16.8 Å². The first kappa shape index (κ1) is 19.8. The summed E-state index contributed by atoms with van der Waals surface area (Å²) in [4.78, 5) is 11.6. The lowest BCUT2D eigenvalue weighted by Gasteiger charge is -2.14. The van der Waals surface area contributed by atoms with E-state index < -0.39 is 17.7 Å². The molecule has 1 heterocycles. The number of alkyl halides is 3. The van der Waals surface area contributed by atoms with Crippen LogP contribution >= 0.6 is 0 Å². The predicted octanol–water partition coefficient (Wildman–Crippen LogP) is 5.87. The molecule has 1 N–H and O–H groups in total. The number of benzene rings is 3. The summed E-state index contributed by atoms with van der Waals surface area (Å²) in [7, 11) is 0. The Balaban J connectivity index is 1.95. The Kier molecular flexibility index (Phi) is 5.08. The number of fused-ring (bicyclic) bond motifs is 1. The zero-order valence-corrected chi connectivity index (χ0v) is 15.9. The van der Waals surface area contributed by atoms with Crippen LogP contribution in [0.25, 0.3) is 16.6 Å². The van der Waals surface area contributed by atoms with E-state index >= 15 is 0 Å². The molecule has 0 saturated carbocycles. The fourth-order valence-electron chi connectivity index (χ4n) is 3.82. The number of aromatic nitrogens is 1. The molecule has 3 aromatic carbocycles. The molecule has 6 heteroatoms. The molecular weight excluding hydrogens is 391 g/mol. The second kappa shape index (κ2) is 7.71. The number of hydrogen-bond acceptors (Lipinski definition) is 1. The predicted molar refractivity (Wildman–Crippen MR) is 109 cm³/mol. The van der Waals surface area contributed by atoms with E-state index in [1.54, 1.807) is 6.07 Å². The third-order valence-electron chi connectivity index (χ3n) is 5.06. The van der Waals surface area contributed by atoms with Crippen molar-refractivity contribution in [2.45, 2.75) is 19.0 Å². The molecule has 4 rings (SSSR count). The molecule has 0 unspecified atom stereocenters. The van der Waals surface area contributed by atoms with Gasteiger partial charge >= 0.3 is 12.1 Å². The molecule has 0 radical (unpaired) electrons. The van der Waals surface area contributed by atoms with Gasteiger partial charge in [-0.25, -0.2) is 0 Å². The number of hydrogen-bond donors (Lipinski definition) is 1. The lowest BCUT2D eigenvalue weighted by molar-refractivity contribution is -0.138. The molecule has 30 heavy (non-hydrogen) atoms. The Bertz CT molecular complexity index is 1210. The van der Waals surface area contributed by atoms with Crippen LogP contribution in [0.5, 0.6) is 0 Å². The molecule has 152 valence electrons. The molecule has 1 aromatic heterocycles. The Morgan fingerprint density at radius 3 is 2.30 bits per heavy atom. The molecule has 0 bridgehead atoms. The summed E-state index contributed by atoms with van der Waals surface area (Å²) >= 11 is 0. The van der Waals surface area contributed by atoms with Crippen molar-refractivity contribution in [1.82, 2.24) is 4.57 Å². The average Bonchev–Trinajstić information content (AvgIpc) is 3.01. The first-order valence-corrected chi connectivity index (χ1v) is 9.39. The first-order valence-electron chi connectivity index (χ1n) is 9.39. The fraction of sp³-hybridized carbons (Fsp3) is 0.125. The van der Waals surface area contributed by atoms with Crippen LogP contribution in [0.4, 0.5) is 13.2 Å². The lowest BCUT2D eigenvalue weighted by Crippen LogP contribution is -2.09. The third-order valence-corrected chi connectivity index (χ3v) is 5.06. The van der Waals surface area contributed by atoms with Gasteiger partial charge in [-0.05, 0) is 35.4 Å². The van der Waals surface area contributed by atoms with E-state index in [1.807, 2.05) is 59.2 Å². The zero-order valence-electron chi connectivity index (χ0n) is 15.9. The normalized spacial score (nSPS) is 11.7. The van der Waals surface area contributed by atoms with Crippen LogP contribution in [0, 0.1) is 0 Å². The lowest BCUT2D eigenvalue weighted by atomic mass is 10.0.